The van der Waals surface area contributed by atoms with Gasteiger partial charge in [0, 0.05) is 5.75 Å². The first-order valence-electron chi connectivity index (χ1n) is 4.48. The molecule has 0 amide bonds. The first kappa shape index (κ1) is 13.0. The molecule has 88 valence electrons. The van der Waals surface area contributed by atoms with Crippen molar-refractivity contribution in [3.8, 4) is 0 Å². The summed E-state index contributed by atoms with van der Waals surface area (Å²) >= 11 is 2.78. The predicted octanol–water partition coefficient (Wildman–Crippen LogP) is 1.72. The first-order valence-corrected chi connectivity index (χ1v) is 6.34. The van der Waals surface area contributed by atoms with E-state index in [0.29, 0.717) is 0 Å². The molecule has 16 heavy (non-hydrogen) atoms. The van der Waals surface area contributed by atoms with Crippen molar-refractivity contribution in [2.24, 2.45) is 5.92 Å². The summed E-state index contributed by atoms with van der Waals surface area (Å²) in [6, 6.07) is 0. The van der Waals surface area contributed by atoms with Crippen LogP contribution in [0.5, 0.6) is 0 Å². The topological polar surface area (TPSA) is 87.5 Å². The van der Waals surface area contributed by atoms with Gasteiger partial charge in [-0.2, -0.15) is 0 Å². The van der Waals surface area contributed by atoms with Gasteiger partial charge in [0.25, 0.3) is 0 Å². The molecular weight excluding hydrogens is 250 g/mol. The molecule has 0 radical (unpaired) electrons. The van der Waals surface area contributed by atoms with Crippen molar-refractivity contribution in [1.82, 2.24) is 4.98 Å². The molecule has 7 heteroatoms. The summed E-state index contributed by atoms with van der Waals surface area (Å²) in [5.41, 5.74) is 2.54. The number of aliphatic carboxylic acids is 2. The van der Waals surface area contributed by atoms with E-state index in [0.717, 1.165) is 9.90 Å². The van der Waals surface area contributed by atoms with E-state index in [2.05, 4.69) is 4.98 Å². The number of carboxylic acid groups (broad SMARTS) is 2. The van der Waals surface area contributed by atoms with Gasteiger partial charge in [0.15, 0.2) is 0 Å². The van der Waals surface area contributed by atoms with E-state index in [4.69, 9.17) is 10.2 Å². The van der Waals surface area contributed by atoms with E-state index in [1.165, 1.54) is 23.1 Å². The zero-order chi connectivity index (χ0) is 12.1. The highest BCUT2D eigenvalue weighted by Crippen LogP contribution is 2.28. The smallest absolute Gasteiger partial charge is 0.307 e. The summed E-state index contributed by atoms with van der Waals surface area (Å²) in [7, 11) is 0. The third-order valence-corrected chi connectivity index (χ3v) is 4.38. The molecule has 0 aliphatic carbocycles. The lowest BCUT2D eigenvalue weighted by Crippen LogP contribution is -2.19. The van der Waals surface area contributed by atoms with Gasteiger partial charge in [0.1, 0.15) is 0 Å². The van der Waals surface area contributed by atoms with Crippen LogP contribution >= 0.6 is 23.1 Å². The molecule has 1 aromatic rings. The molecule has 0 fully saturated rings. The number of carbonyl (C=O) groups is 2. The summed E-state index contributed by atoms with van der Waals surface area (Å²) in [4.78, 5) is 25.3. The Balaban J connectivity index is 2.53. The zero-order valence-corrected chi connectivity index (χ0v) is 10.2. The molecule has 0 aliphatic rings. The Morgan fingerprint density at radius 2 is 2.25 bits per heavy atom. The number of hydrogen-bond donors (Lipinski definition) is 2. The van der Waals surface area contributed by atoms with Crippen molar-refractivity contribution in [3.63, 3.8) is 0 Å². The average molecular weight is 261 g/mol. The van der Waals surface area contributed by atoms with Crippen LogP contribution in [0, 0.1) is 12.8 Å². The molecule has 2 N–H and O–H groups in total. The van der Waals surface area contributed by atoms with Crippen LogP contribution in [0.4, 0.5) is 0 Å². The second kappa shape index (κ2) is 5.86. The van der Waals surface area contributed by atoms with Gasteiger partial charge in [-0.1, -0.05) is 0 Å². The molecule has 1 atom stereocenters. The fourth-order valence-electron chi connectivity index (χ4n) is 1.03. The standard InChI is InChI=1S/C9H11NO4S2/c1-5-9(16-4-10-5)15-3-6(8(13)14)2-7(11)12/h4,6H,2-3H2,1H3,(H,11,12)(H,13,14). The molecule has 1 unspecified atom stereocenters. The van der Waals surface area contributed by atoms with Gasteiger partial charge < -0.3 is 10.2 Å². The normalized spacial score (nSPS) is 12.3. The molecule has 0 aromatic carbocycles. The van der Waals surface area contributed by atoms with Crippen molar-refractivity contribution < 1.29 is 19.8 Å². The lowest BCUT2D eigenvalue weighted by Gasteiger charge is -2.08. The van der Waals surface area contributed by atoms with Crippen LogP contribution in [0.2, 0.25) is 0 Å². The molecule has 1 rings (SSSR count). The molecule has 0 aliphatic heterocycles. The molecule has 5 nitrogen and oxygen atoms in total. The van der Waals surface area contributed by atoms with Crippen LogP contribution in [0.3, 0.4) is 0 Å². The van der Waals surface area contributed by atoms with E-state index < -0.39 is 17.9 Å². The first-order chi connectivity index (χ1) is 7.50. The van der Waals surface area contributed by atoms with Gasteiger partial charge in [-0.3, -0.25) is 9.59 Å². The monoisotopic (exact) mass is 261 g/mol. The number of nitrogens with zero attached hydrogens (tertiary/aromatic N) is 1. The summed E-state index contributed by atoms with van der Waals surface area (Å²) in [6.07, 6.45) is -0.347. The third kappa shape index (κ3) is 3.82. The minimum Gasteiger partial charge on any atom is -0.481 e. The zero-order valence-electron chi connectivity index (χ0n) is 8.54. The van der Waals surface area contributed by atoms with Gasteiger partial charge in [-0.25, -0.2) is 4.98 Å². The number of hydrogen-bond acceptors (Lipinski definition) is 5. The maximum absolute atomic E-state index is 10.8. The van der Waals surface area contributed by atoms with Crippen molar-refractivity contribution in [2.75, 3.05) is 5.75 Å². The highest BCUT2D eigenvalue weighted by molar-refractivity contribution is 8.01. The van der Waals surface area contributed by atoms with Gasteiger partial charge in [0.05, 0.1) is 27.8 Å². The number of aromatic nitrogens is 1. The minimum absolute atomic E-state index is 0.255. The Hall–Kier alpha value is -1.08. The summed E-state index contributed by atoms with van der Waals surface area (Å²) in [5.74, 6) is -2.76. The second-order valence-corrected chi connectivity index (χ2v) is 5.31. The number of thiazole rings is 1. The minimum atomic E-state index is -1.09. The quantitative estimate of drug-likeness (QED) is 0.758. The summed E-state index contributed by atoms with van der Waals surface area (Å²) in [6.45, 7) is 1.84. The number of thioether (sulfide) groups is 1. The van der Waals surface area contributed by atoms with E-state index in [-0.39, 0.29) is 12.2 Å². The van der Waals surface area contributed by atoms with Crippen LogP contribution < -0.4 is 0 Å². The Kier molecular flexibility index (Phi) is 4.75. The molecule has 0 spiro atoms. The van der Waals surface area contributed by atoms with E-state index in [9.17, 15) is 9.59 Å². The molecule has 1 heterocycles. The van der Waals surface area contributed by atoms with Gasteiger partial charge in [-0.05, 0) is 6.92 Å². The second-order valence-electron chi connectivity index (χ2n) is 3.17. The lowest BCUT2D eigenvalue weighted by molar-refractivity contribution is -0.147. The Bertz CT molecular complexity index is 391. The SMILES string of the molecule is Cc1ncsc1SCC(CC(=O)O)C(=O)O. The Labute approximate surface area is 101 Å². The summed E-state index contributed by atoms with van der Waals surface area (Å²) in [5, 5.41) is 17.4. The lowest BCUT2D eigenvalue weighted by atomic mass is 10.1. The fraction of sp³-hybridized carbons (Fsp3) is 0.444. The van der Waals surface area contributed by atoms with Crippen molar-refractivity contribution >= 4 is 35.0 Å². The maximum atomic E-state index is 10.8. The highest BCUT2D eigenvalue weighted by Gasteiger charge is 2.21. The van der Waals surface area contributed by atoms with Gasteiger partial charge in [0.2, 0.25) is 0 Å². The molecule has 0 bridgehead atoms. The molecule has 1 aromatic heterocycles. The molecule has 0 saturated carbocycles. The highest BCUT2D eigenvalue weighted by atomic mass is 32.2. The third-order valence-electron chi connectivity index (χ3n) is 1.89. The van der Waals surface area contributed by atoms with Crippen molar-refractivity contribution in [1.29, 1.82) is 0 Å². The van der Waals surface area contributed by atoms with Gasteiger partial charge in [-0.15, -0.1) is 23.1 Å². The Morgan fingerprint density at radius 1 is 1.56 bits per heavy atom. The van der Waals surface area contributed by atoms with Crippen molar-refractivity contribution in [2.45, 2.75) is 17.6 Å². The largest absolute Gasteiger partial charge is 0.481 e. The predicted molar refractivity (Wildman–Crippen MR) is 61.0 cm³/mol. The van der Waals surface area contributed by atoms with Crippen LogP contribution in [0.1, 0.15) is 12.1 Å². The molecular formula is C9H11NO4S2. The van der Waals surface area contributed by atoms with E-state index in [1.807, 2.05) is 6.92 Å². The summed E-state index contributed by atoms with van der Waals surface area (Å²) < 4.78 is 0.941. The van der Waals surface area contributed by atoms with E-state index >= 15 is 0 Å². The average Bonchev–Trinajstić information content (AvgIpc) is 2.57. The Morgan fingerprint density at radius 3 is 2.69 bits per heavy atom. The van der Waals surface area contributed by atoms with Crippen LogP contribution in [-0.2, 0) is 9.59 Å². The number of aryl methyl sites for hydroxylation is 1. The maximum Gasteiger partial charge on any atom is 0.307 e. The van der Waals surface area contributed by atoms with E-state index in [1.54, 1.807) is 5.51 Å². The number of rotatable bonds is 6. The van der Waals surface area contributed by atoms with Crippen LogP contribution in [-0.4, -0.2) is 32.9 Å². The molecule has 0 saturated heterocycles. The fourth-order valence-corrected chi connectivity index (χ4v) is 3.04. The van der Waals surface area contributed by atoms with Crippen molar-refractivity contribution in [3.05, 3.63) is 11.2 Å². The van der Waals surface area contributed by atoms with Gasteiger partial charge >= 0.3 is 11.9 Å². The number of carboxylic acids is 2. The van der Waals surface area contributed by atoms with Crippen LogP contribution in [0.15, 0.2) is 9.72 Å². The van der Waals surface area contributed by atoms with Crippen LogP contribution in [0.25, 0.3) is 0 Å².